The zero-order chi connectivity index (χ0) is 25.6. The Kier molecular flexibility index (Phi) is 8.53. The second kappa shape index (κ2) is 11.4. The predicted octanol–water partition coefficient (Wildman–Crippen LogP) is 5.54. The number of anilines is 2. The summed E-state index contributed by atoms with van der Waals surface area (Å²) in [6.45, 7) is 6.27. The van der Waals surface area contributed by atoms with Gasteiger partial charge in [-0.05, 0) is 62.2 Å². The van der Waals surface area contributed by atoms with Crippen LogP contribution in [0.2, 0.25) is 5.02 Å². The highest BCUT2D eigenvalue weighted by Crippen LogP contribution is 2.27. The number of carbonyl (C=O) groups is 2. The Morgan fingerprint density at radius 3 is 2.37 bits per heavy atom. The summed E-state index contributed by atoms with van der Waals surface area (Å²) >= 11 is 6.20. The normalized spacial score (nSPS) is 11.1. The molecular formula is C26H28ClN3O4S. The van der Waals surface area contributed by atoms with E-state index in [-0.39, 0.29) is 21.4 Å². The highest BCUT2D eigenvalue weighted by atomic mass is 35.5. The Balaban J connectivity index is 1.85. The molecule has 3 rings (SSSR count). The van der Waals surface area contributed by atoms with Crippen LogP contribution in [0.5, 0.6) is 0 Å². The summed E-state index contributed by atoms with van der Waals surface area (Å²) in [7, 11) is -4.07. The third kappa shape index (κ3) is 6.61. The van der Waals surface area contributed by atoms with Gasteiger partial charge in [-0.25, -0.2) is 8.42 Å². The van der Waals surface area contributed by atoms with Crippen LogP contribution in [-0.4, -0.2) is 26.8 Å². The van der Waals surface area contributed by atoms with E-state index >= 15 is 0 Å². The lowest BCUT2D eigenvalue weighted by Crippen LogP contribution is -2.26. The van der Waals surface area contributed by atoms with E-state index < -0.39 is 15.9 Å². The first kappa shape index (κ1) is 26.2. The van der Waals surface area contributed by atoms with Crippen LogP contribution >= 0.6 is 11.6 Å². The molecule has 0 heterocycles. The topological polar surface area (TPSA) is 104 Å². The second-order valence-corrected chi connectivity index (χ2v) is 10.2. The molecule has 0 aliphatic carbocycles. The van der Waals surface area contributed by atoms with Gasteiger partial charge in [0.1, 0.15) is 4.90 Å². The summed E-state index contributed by atoms with van der Waals surface area (Å²) in [6.07, 6.45) is 1.79. The minimum atomic E-state index is -4.07. The van der Waals surface area contributed by atoms with Crippen LogP contribution in [0.3, 0.4) is 0 Å². The molecular weight excluding hydrogens is 486 g/mol. The number of carbonyl (C=O) groups excluding carboxylic acids is 2. The lowest BCUT2D eigenvalue weighted by Gasteiger charge is -2.14. The third-order valence-electron chi connectivity index (χ3n) is 5.34. The zero-order valence-electron chi connectivity index (χ0n) is 19.8. The first-order valence-corrected chi connectivity index (χ1v) is 13.1. The molecule has 0 saturated carbocycles. The van der Waals surface area contributed by atoms with E-state index in [0.29, 0.717) is 23.5 Å². The molecule has 3 aromatic carbocycles. The molecule has 0 spiro atoms. The number of benzene rings is 3. The lowest BCUT2D eigenvalue weighted by atomic mass is 10.1. The van der Waals surface area contributed by atoms with Gasteiger partial charge in [-0.1, -0.05) is 54.8 Å². The number of nitrogens with one attached hydrogen (secondary N) is 3. The quantitative estimate of drug-likeness (QED) is 0.327. The van der Waals surface area contributed by atoms with E-state index in [2.05, 4.69) is 15.4 Å². The Bertz CT molecular complexity index is 1360. The van der Waals surface area contributed by atoms with Gasteiger partial charge in [-0.3, -0.25) is 14.3 Å². The van der Waals surface area contributed by atoms with Crippen molar-refractivity contribution in [2.24, 2.45) is 0 Å². The van der Waals surface area contributed by atoms with E-state index in [0.717, 1.165) is 24.0 Å². The van der Waals surface area contributed by atoms with E-state index in [1.54, 1.807) is 43.3 Å². The van der Waals surface area contributed by atoms with E-state index in [4.69, 9.17) is 11.6 Å². The molecule has 184 valence electrons. The molecule has 0 radical (unpaired) electrons. The van der Waals surface area contributed by atoms with Gasteiger partial charge in [-0.2, -0.15) is 0 Å². The van der Waals surface area contributed by atoms with Crippen molar-refractivity contribution < 1.29 is 18.0 Å². The summed E-state index contributed by atoms with van der Waals surface area (Å²) in [5.74, 6) is -0.871. The minimum absolute atomic E-state index is 0.0190. The van der Waals surface area contributed by atoms with Crippen LogP contribution in [0.4, 0.5) is 11.4 Å². The first-order valence-electron chi connectivity index (χ1n) is 11.2. The van der Waals surface area contributed by atoms with Crippen molar-refractivity contribution >= 4 is 44.8 Å². The summed E-state index contributed by atoms with van der Waals surface area (Å²) < 4.78 is 28.7. The zero-order valence-corrected chi connectivity index (χ0v) is 21.4. The van der Waals surface area contributed by atoms with Crippen molar-refractivity contribution in [2.45, 2.75) is 38.5 Å². The van der Waals surface area contributed by atoms with Crippen molar-refractivity contribution in [3.05, 3.63) is 87.9 Å². The molecule has 0 unspecified atom stereocenters. The molecule has 3 aromatic rings. The van der Waals surface area contributed by atoms with Crippen LogP contribution in [0.1, 0.15) is 51.6 Å². The van der Waals surface area contributed by atoms with Gasteiger partial charge in [0, 0.05) is 12.1 Å². The maximum Gasteiger partial charge on any atom is 0.263 e. The van der Waals surface area contributed by atoms with E-state index in [1.165, 1.54) is 18.2 Å². The van der Waals surface area contributed by atoms with Gasteiger partial charge in [0.15, 0.2) is 0 Å². The maximum absolute atomic E-state index is 13.1. The summed E-state index contributed by atoms with van der Waals surface area (Å²) in [4.78, 5) is 25.3. The molecule has 3 N–H and O–H groups in total. The van der Waals surface area contributed by atoms with Crippen LogP contribution in [0, 0.1) is 13.8 Å². The van der Waals surface area contributed by atoms with Crippen LogP contribution in [0.25, 0.3) is 0 Å². The number of rotatable bonds is 9. The molecule has 0 saturated heterocycles. The molecule has 0 bridgehead atoms. The van der Waals surface area contributed by atoms with Crippen molar-refractivity contribution in [1.82, 2.24) is 5.32 Å². The van der Waals surface area contributed by atoms with Gasteiger partial charge in [-0.15, -0.1) is 0 Å². The molecule has 0 aromatic heterocycles. The third-order valence-corrected chi connectivity index (χ3v) is 7.19. The fraction of sp³-hybridized carbons (Fsp3) is 0.231. The van der Waals surface area contributed by atoms with Gasteiger partial charge >= 0.3 is 0 Å². The lowest BCUT2D eigenvalue weighted by molar-refractivity contribution is 0.0954. The average Bonchev–Trinajstić information content (AvgIpc) is 2.81. The molecule has 7 nitrogen and oxygen atoms in total. The Morgan fingerprint density at radius 1 is 0.914 bits per heavy atom. The molecule has 2 amide bonds. The number of sulfonamides is 1. The van der Waals surface area contributed by atoms with Crippen molar-refractivity contribution in [3.8, 4) is 0 Å². The highest BCUT2D eigenvalue weighted by molar-refractivity contribution is 7.92. The maximum atomic E-state index is 13.1. The Morgan fingerprint density at radius 2 is 1.66 bits per heavy atom. The SMILES string of the molecule is CCCCNC(=O)c1ccccc1NC(=O)c1ccc(Cl)c(S(=O)(=O)Nc2ccc(C)cc2C)c1. The van der Waals surface area contributed by atoms with Crippen molar-refractivity contribution in [2.75, 3.05) is 16.6 Å². The largest absolute Gasteiger partial charge is 0.352 e. The van der Waals surface area contributed by atoms with Gasteiger partial charge in [0.25, 0.3) is 21.8 Å². The summed E-state index contributed by atoms with van der Waals surface area (Å²) in [5.41, 5.74) is 2.89. The van der Waals surface area contributed by atoms with Crippen LogP contribution in [-0.2, 0) is 10.0 Å². The van der Waals surface area contributed by atoms with E-state index in [9.17, 15) is 18.0 Å². The van der Waals surface area contributed by atoms with Crippen LogP contribution < -0.4 is 15.4 Å². The van der Waals surface area contributed by atoms with Crippen molar-refractivity contribution in [1.29, 1.82) is 0 Å². The number of unbranched alkanes of at least 4 members (excludes halogenated alkanes) is 1. The molecule has 0 atom stereocenters. The summed E-state index contributed by atoms with van der Waals surface area (Å²) in [5, 5.41) is 5.51. The Hall–Kier alpha value is -3.36. The smallest absolute Gasteiger partial charge is 0.263 e. The predicted molar refractivity (Wildman–Crippen MR) is 140 cm³/mol. The van der Waals surface area contributed by atoms with Gasteiger partial charge in [0.2, 0.25) is 0 Å². The van der Waals surface area contributed by atoms with Gasteiger partial charge < -0.3 is 10.6 Å². The second-order valence-electron chi connectivity index (χ2n) is 8.18. The molecule has 9 heteroatoms. The Labute approximate surface area is 211 Å². The number of hydrogen-bond acceptors (Lipinski definition) is 4. The number of halogens is 1. The highest BCUT2D eigenvalue weighted by Gasteiger charge is 2.22. The van der Waals surface area contributed by atoms with E-state index in [1.807, 2.05) is 19.9 Å². The number of aryl methyl sites for hydroxylation is 2. The molecule has 0 aliphatic heterocycles. The van der Waals surface area contributed by atoms with Gasteiger partial charge in [0.05, 0.1) is 22.0 Å². The average molecular weight is 514 g/mol. The minimum Gasteiger partial charge on any atom is -0.352 e. The standard InChI is InChI=1S/C26H28ClN3O4S/c1-4-5-14-28-26(32)20-8-6-7-9-23(20)29-25(31)19-11-12-21(27)24(16-19)35(33,34)30-22-13-10-17(2)15-18(22)3/h6-13,15-16,30H,4-5,14H2,1-3H3,(H,28,32)(H,29,31). The number of hydrogen-bond donors (Lipinski definition) is 3. The fourth-order valence-corrected chi connectivity index (χ4v) is 5.09. The molecule has 0 fully saturated rings. The van der Waals surface area contributed by atoms with Crippen LogP contribution in [0.15, 0.2) is 65.6 Å². The fourth-order valence-electron chi connectivity index (χ4n) is 3.44. The monoisotopic (exact) mass is 513 g/mol. The first-order chi connectivity index (χ1) is 16.6. The molecule has 0 aliphatic rings. The molecule has 35 heavy (non-hydrogen) atoms. The number of para-hydroxylation sites is 1. The number of amides is 2. The van der Waals surface area contributed by atoms with Crippen molar-refractivity contribution in [3.63, 3.8) is 0 Å². The summed E-state index contributed by atoms with van der Waals surface area (Å²) in [6, 6.07) is 16.0.